The molecule has 0 amide bonds. The predicted molar refractivity (Wildman–Crippen MR) is 123 cm³/mol. The second-order valence-corrected chi connectivity index (χ2v) is 11.1. The molecule has 0 radical (unpaired) electrons. The zero-order valence-electron chi connectivity index (χ0n) is 17.7. The van der Waals surface area contributed by atoms with Crippen LogP contribution >= 0.6 is 23.2 Å². The number of nitrogens with zero attached hydrogens (tertiary/aromatic N) is 4. The Morgan fingerprint density at radius 1 is 1.28 bits per heavy atom. The smallest absolute Gasteiger partial charge is 0.217 e. The highest BCUT2D eigenvalue weighted by Gasteiger charge is 2.44. The highest BCUT2D eigenvalue weighted by atomic mass is 35.5. The molecule has 2 heterocycles. The predicted octanol–water partition coefficient (Wildman–Crippen LogP) is 5.02. The van der Waals surface area contributed by atoms with Crippen molar-refractivity contribution in [3.8, 4) is 11.5 Å². The van der Waals surface area contributed by atoms with Crippen LogP contribution in [-0.2, 0) is 31.5 Å². The van der Waals surface area contributed by atoms with E-state index in [1.54, 1.807) is 59.9 Å². The summed E-state index contributed by atoms with van der Waals surface area (Å²) in [4.78, 5) is 3.98. The normalized spacial score (nSPS) is 21.0. The van der Waals surface area contributed by atoms with Crippen LogP contribution in [0, 0.1) is 0 Å². The van der Waals surface area contributed by atoms with E-state index < -0.39 is 15.5 Å². The maximum atomic E-state index is 12.2. The van der Waals surface area contributed by atoms with Crippen LogP contribution in [-0.4, -0.2) is 44.2 Å². The van der Waals surface area contributed by atoms with Crippen molar-refractivity contribution in [2.24, 2.45) is 4.36 Å². The molecule has 2 aromatic carbocycles. The standard InChI is InChI=1S/C21H22Cl2N4O4S/c1-14-10-29-21(31-14,11-27-13-24-12-25-27)17-6-5-16(9-18(17)23)30-20-7-4-15(22)8-19(20)26-32(2,3)28/h4-9,12-14H,10-11H2,1-3H3. The molecule has 2 atom stereocenters. The number of hydrogen-bond donors (Lipinski definition) is 0. The molecule has 1 saturated heterocycles. The quantitative estimate of drug-likeness (QED) is 0.475. The summed E-state index contributed by atoms with van der Waals surface area (Å²) in [7, 11) is -2.41. The summed E-state index contributed by atoms with van der Waals surface area (Å²) in [5, 5.41) is 5.02. The first-order valence-corrected chi connectivity index (χ1v) is 12.8. The van der Waals surface area contributed by atoms with Gasteiger partial charge in [-0.15, -0.1) is 0 Å². The minimum atomic E-state index is -2.41. The van der Waals surface area contributed by atoms with Gasteiger partial charge < -0.3 is 14.2 Å². The van der Waals surface area contributed by atoms with Crippen LogP contribution in [0.15, 0.2) is 53.4 Å². The lowest BCUT2D eigenvalue weighted by Crippen LogP contribution is -2.34. The largest absolute Gasteiger partial charge is 0.455 e. The summed E-state index contributed by atoms with van der Waals surface area (Å²) in [5.74, 6) is -0.216. The van der Waals surface area contributed by atoms with Crippen LogP contribution < -0.4 is 4.74 Å². The van der Waals surface area contributed by atoms with Gasteiger partial charge in [0.1, 0.15) is 30.6 Å². The first-order chi connectivity index (χ1) is 15.1. The average Bonchev–Trinajstić information content (AvgIpc) is 3.33. The molecule has 3 aromatic rings. The Kier molecular flexibility index (Phi) is 6.46. The number of hydrogen-bond acceptors (Lipinski definition) is 7. The maximum absolute atomic E-state index is 12.2. The van der Waals surface area contributed by atoms with Crippen molar-refractivity contribution >= 4 is 38.6 Å². The Morgan fingerprint density at radius 3 is 2.72 bits per heavy atom. The van der Waals surface area contributed by atoms with Gasteiger partial charge in [-0.25, -0.2) is 13.9 Å². The maximum Gasteiger partial charge on any atom is 0.217 e. The van der Waals surface area contributed by atoms with Crippen molar-refractivity contribution in [2.75, 3.05) is 19.1 Å². The van der Waals surface area contributed by atoms with Crippen molar-refractivity contribution in [3.05, 3.63) is 64.7 Å². The Morgan fingerprint density at radius 2 is 2.09 bits per heavy atom. The molecule has 2 unspecified atom stereocenters. The van der Waals surface area contributed by atoms with Gasteiger partial charge in [-0.2, -0.15) is 9.46 Å². The van der Waals surface area contributed by atoms with Gasteiger partial charge in [0, 0.05) is 32.8 Å². The van der Waals surface area contributed by atoms with Crippen molar-refractivity contribution in [2.45, 2.75) is 25.4 Å². The lowest BCUT2D eigenvalue weighted by molar-refractivity contribution is -0.186. The fraction of sp³-hybridized carbons (Fsp3) is 0.333. The molecule has 0 aliphatic carbocycles. The molecule has 4 rings (SSSR count). The molecular formula is C21H22Cl2N4O4S. The first-order valence-electron chi connectivity index (χ1n) is 9.72. The topological polar surface area (TPSA) is 87.8 Å². The van der Waals surface area contributed by atoms with E-state index in [9.17, 15) is 4.21 Å². The minimum Gasteiger partial charge on any atom is -0.455 e. The summed E-state index contributed by atoms with van der Waals surface area (Å²) in [6.07, 6.45) is 6.01. The summed E-state index contributed by atoms with van der Waals surface area (Å²) < 4.78 is 36.2. The molecule has 32 heavy (non-hydrogen) atoms. The van der Waals surface area contributed by atoms with Gasteiger partial charge in [0.2, 0.25) is 5.79 Å². The van der Waals surface area contributed by atoms with Gasteiger partial charge in [-0.1, -0.05) is 23.2 Å². The Balaban J connectivity index is 1.66. The van der Waals surface area contributed by atoms with Gasteiger partial charge >= 0.3 is 0 Å². The van der Waals surface area contributed by atoms with Gasteiger partial charge in [0.05, 0.1) is 17.7 Å². The number of benzene rings is 2. The Labute approximate surface area is 196 Å². The van der Waals surface area contributed by atoms with Crippen LogP contribution in [0.5, 0.6) is 11.5 Å². The van der Waals surface area contributed by atoms with Crippen LogP contribution in [0.4, 0.5) is 5.69 Å². The molecule has 1 aliphatic rings. The van der Waals surface area contributed by atoms with Gasteiger partial charge in [0.25, 0.3) is 0 Å². The molecule has 8 nitrogen and oxygen atoms in total. The number of ether oxygens (including phenoxy) is 3. The SMILES string of the molecule is CC1COC(Cn2cncn2)(c2ccc(Oc3ccc(Cl)cc3N=S(C)(C)=O)cc2Cl)O1. The first kappa shape index (κ1) is 23.0. The van der Waals surface area contributed by atoms with Crippen LogP contribution in [0.25, 0.3) is 0 Å². The molecule has 1 aliphatic heterocycles. The van der Waals surface area contributed by atoms with Crippen molar-refractivity contribution in [1.29, 1.82) is 0 Å². The van der Waals surface area contributed by atoms with E-state index in [1.807, 2.05) is 6.92 Å². The third kappa shape index (κ3) is 5.24. The summed E-state index contributed by atoms with van der Waals surface area (Å²) >= 11 is 12.7. The number of rotatable bonds is 6. The molecule has 11 heteroatoms. The van der Waals surface area contributed by atoms with E-state index >= 15 is 0 Å². The highest BCUT2D eigenvalue weighted by Crippen LogP contribution is 2.42. The third-order valence-electron chi connectivity index (χ3n) is 4.60. The van der Waals surface area contributed by atoms with E-state index in [1.165, 1.54) is 6.33 Å². The Hall–Kier alpha value is -2.17. The molecule has 0 N–H and O–H groups in total. The average molecular weight is 497 g/mol. The van der Waals surface area contributed by atoms with E-state index in [0.29, 0.717) is 45.9 Å². The second kappa shape index (κ2) is 8.99. The van der Waals surface area contributed by atoms with E-state index in [-0.39, 0.29) is 6.10 Å². The molecular weight excluding hydrogens is 475 g/mol. The van der Waals surface area contributed by atoms with E-state index in [0.717, 1.165) is 0 Å². The summed E-state index contributed by atoms with van der Waals surface area (Å²) in [6, 6.07) is 10.2. The van der Waals surface area contributed by atoms with E-state index in [4.69, 9.17) is 37.4 Å². The van der Waals surface area contributed by atoms with Crippen molar-refractivity contribution < 1.29 is 18.4 Å². The highest BCUT2D eigenvalue weighted by molar-refractivity contribution is 7.92. The molecule has 1 fully saturated rings. The van der Waals surface area contributed by atoms with Gasteiger partial charge in [-0.05, 0) is 43.3 Å². The van der Waals surface area contributed by atoms with Crippen LogP contribution in [0.1, 0.15) is 12.5 Å². The lowest BCUT2D eigenvalue weighted by atomic mass is 10.1. The third-order valence-corrected chi connectivity index (χ3v) is 5.78. The lowest BCUT2D eigenvalue weighted by Gasteiger charge is -2.29. The molecule has 0 bridgehead atoms. The van der Waals surface area contributed by atoms with Crippen molar-refractivity contribution in [1.82, 2.24) is 14.8 Å². The molecule has 0 saturated carbocycles. The second-order valence-electron chi connectivity index (χ2n) is 7.71. The van der Waals surface area contributed by atoms with E-state index in [2.05, 4.69) is 14.4 Å². The number of halogens is 2. The monoisotopic (exact) mass is 496 g/mol. The fourth-order valence-corrected chi connectivity index (χ4v) is 4.46. The zero-order valence-corrected chi connectivity index (χ0v) is 20.0. The molecule has 0 spiro atoms. The van der Waals surface area contributed by atoms with Crippen LogP contribution in [0.2, 0.25) is 10.0 Å². The Bertz CT molecular complexity index is 1240. The minimum absolute atomic E-state index is 0.110. The summed E-state index contributed by atoms with van der Waals surface area (Å²) in [6.45, 7) is 2.64. The molecule has 170 valence electrons. The van der Waals surface area contributed by atoms with Gasteiger partial charge in [-0.3, -0.25) is 0 Å². The molecule has 1 aromatic heterocycles. The fourth-order valence-electron chi connectivity index (χ4n) is 3.36. The van der Waals surface area contributed by atoms with Gasteiger partial charge in [0.15, 0.2) is 5.75 Å². The number of aromatic nitrogens is 3. The van der Waals surface area contributed by atoms with Crippen LogP contribution in [0.3, 0.4) is 0 Å². The summed E-state index contributed by atoms with van der Waals surface area (Å²) in [5.41, 5.74) is 1.05. The zero-order chi connectivity index (χ0) is 22.9. The van der Waals surface area contributed by atoms with Crippen molar-refractivity contribution in [3.63, 3.8) is 0 Å².